The molecule has 0 bridgehead atoms. The van der Waals surface area contributed by atoms with E-state index in [0.717, 1.165) is 0 Å². The van der Waals surface area contributed by atoms with Crippen LogP contribution in [0.1, 0.15) is 0 Å². The van der Waals surface area contributed by atoms with Gasteiger partial charge in [-0.2, -0.15) is 0 Å². The Morgan fingerprint density at radius 2 is 1.64 bits per heavy atom. The molecular weight excluding hydrogens is 184 g/mol. The van der Waals surface area contributed by atoms with Crippen LogP contribution in [0.5, 0.6) is 17.2 Å². The van der Waals surface area contributed by atoms with Crippen LogP contribution in [0, 0.1) is 0 Å². The van der Waals surface area contributed by atoms with Crippen LogP contribution in [-0.2, 0) is 0 Å². The quantitative estimate of drug-likeness (QED) is 0.558. The normalized spacial score (nSPS) is 9.43. The maximum absolute atomic E-state index is 5.31. The van der Waals surface area contributed by atoms with E-state index in [9.17, 15) is 0 Å². The lowest BCUT2D eigenvalue weighted by molar-refractivity contribution is 0.325. The SMILES string of the molecule is COc1ccc(NN)c(OC)c1OC. The van der Waals surface area contributed by atoms with Crippen LogP contribution in [0.4, 0.5) is 5.69 Å². The van der Waals surface area contributed by atoms with Crippen LogP contribution >= 0.6 is 0 Å². The van der Waals surface area contributed by atoms with Gasteiger partial charge in [-0.25, -0.2) is 0 Å². The fraction of sp³-hybridized carbons (Fsp3) is 0.333. The third kappa shape index (κ3) is 1.67. The average molecular weight is 198 g/mol. The van der Waals surface area contributed by atoms with E-state index in [-0.39, 0.29) is 0 Å². The van der Waals surface area contributed by atoms with E-state index in [2.05, 4.69) is 5.43 Å². The lowest BCUT2D eigenvalue weighted by atomic mass is 10.2. The number of methoxy groups -OCH3 is 3. The molecule has 0 saturated heterocycles. The molecule has 0 fully saturated rings. The van der Waals surface area contributed by atoms with Gasteiger partial charge in [-0.1, -0.05) is 0 Å². The van der Waals surface area contributed by atoms with E-state index >= 15 is 0 Å². The van der Waals surface area contributed by atoms with Gasteiger partial charge < -0.3 is 19.6 Å². The van der Waals surface area contributed by atoms with Crippen LogP contribution in [0.15, 0.2) is 12.1 Å². The maximum atomic E-state index is 5.31. The maximum Gasteiger partial charge on any atom is 0.205 e. The summed E-state index contributed by atoms with van der Waals surface area (Å²) in [6, 6.07) is 3.50. The minimum atomic E-state index is 0.519. The van der Waals surface area contributed by atoms with Crippen molar-refractivity contribution >= 4 is 5.69 Å². The Kier molecular flexibility index (Phi) is 3.41. The first-order valence-electron chi connectivity index (χ1n) is 4.04. The summed E-state index contributed by atoms with van der Waals surface area (Å²) in [5.74, 6) is 6.96. The van der Waals surface area contributed by atoms with E-state index in [1.165, 1.54) is 7.11 Å². The molecule has 0 aromatic heterocycles. The van der Waals surface area contributed by atoms with Crippen molar-refractivity contribution in [2.24, 2.45) is 5.84 Å². The number of rotatable bonds is 4. The Bertz CT molecular complexity index is 284. The van der Waals surface area contributed by atoms with Gasteiger partial charge >= 0.3 is 0 Å². The standard InChI is InChI=1S/C9H14N2O3/c1-12-7-5-4-6(11-10)8(13-2)9(7)14-3/h4-5,11H,10H2,1-3H3. The molecule has 5 heteroatoms. The summed E-state index contributed by atoms with van der Waals surface area (Å²) in [6.07, 6.45) is 0. The summed E-state index contributed by atoms with van der Waals surface area (Å²) in [6.45, 7) is 0. The van der Waals surface area contributed by atoms with Crippen molar-refractivity contribution in [3.8, 4) is 17.2 Å². The number of nitrogens with one attached hydrogen (secondary N) is 1. The molecule has 0 unspecified atom stereocenters. The van der Waals surface area contributed by atoms with Gasteiger partial charge in [-0.05, 0) is 12.1 Å². The van der Waals surface area contributed by atoms with E-state index in [0.29, 0.717) is 22.9 Å². The lowest BCUT2D eigenvalue weighted by Crippen LogP contribution is -2.09. The zero-order valence-electron chi connectivity index (χ0n) is 8.46. The van der Waals surface area contributed by atoms with Gasteiger partial charge in [0, 0.05) is 0 Å². The van der Waals surface area contributed by atoms with Crippen LogP contribution < -0.4 is 25.5 Å². The predicted molar refractivity (Wildman–Crippen MR) is 53.9 cm³/mol. The number of hydrogen-bond donors (Lipinski definition) is 2. The Hall–Kier alpha value is -1.62. The molecule has 0 aliphatic carbocycles. The summed E-state index contributed by atoms with van der Waals surface area (Å²) < 4.78 is 15.4. The van der Waals surface area contributed by atoms with Crippen LogP contribution in [0.3, 0.4) is 0 Å². The Labute approximate surface area is 82.7 Å². The minimum absolute atomic E-state index is 0.519. The molecule has 5 nitrogen and oxygen atoms in total. The molecule has 1 aromatic carbocycles. The Morgan fingerprint density at radius 1 is 1.00 bits per heavy atom. The average Bonchev–Trinajstić information content (AvgIpc) is 2.26. The van der Waals surface area contributed by atoms with Crippen molar-refractivity contribution in [3.63, 3.8) is 0 Å². The van der Waals surface area contributed by atoms with Crippen molar-refractivity contribution in [3.05, 3.63) is 12.1 Å². The highest BCUT2D eigenvalue weighted by atomic mass is 16.5. The highest BCUT2D eigenvalue weighted by Crippen LogP contribution is 2.41. The number of ether oxygens (including phenoxy) is 3. The largest absolute Gasteiger partial charge is 0.493 e. The van der Waals surface area contributed by atoms with Gasteiger partial charge in [0.15, 0.2) is 11.5 Å². The molecular formula is C9H14N2O3. The van der Waals surface area contributed by atoms with Gasteiger partial charge in [0.2, 0.25) is 5.75 Å². The lowest BCUT2D eigenvalue weighted by Gasteiger charge is -2.14. The summed E-state index contributed by atoms with van der Waals surface area (Å²) in [5.41, 5.74) is 3.16. The second kappa shape index (κ2) is 4.57. The van der Waals surface area contributed by atoms with Gasteiger partial charge in [0.1, 0.15) is 0 Å². The number of hydrogen-bond acceptors (Lipinski definition) is 5. The Morgan fingerprint density at radius 3 is 2.07 bits per heavy atom. The molecule has 0 amide bonds. The number of anilines is 1. The summed E-state index contributed by atoms with van der Waals surface area (Å²) in [4.78, 5) is 0. The van der Waals surface area contributed by atoms with Crippen molar-refractivity contribution in [2.45, 2.75) is 0 Å². The molecule has 3 N–H and O–H groups in total. The molecule has 0 heterocycles. The molecule has 0 saturated carbocycles. The molecule has 0 aliphatic rings. The second-order valence-corrected chi connectivity index (χ2v) is 2.53. The van der Waals surface area contributed by atoms with E-state index in [4.69, 9.17) is 20.1 Å². The molecule has 78 valence electrons. The van der Waals surface area contributed by atoms with Gasteiger partial charge in [0.05, 0.1) is 27.0 Å². The van der Waals surface area contributed by atoms with Crippen LogP contribution in [-0.4, -0.2) is 21.3 Å². The van der Waals surface area contributed by atoms with Crippen molar-refractivity contribution in [1.29, 1.82) is 0 Å². The van der Waals surface area contributed by atoms with Crippen LogP contribution in [0.25, 0.3) is 0 Å². The van der Waals surface area contributed by atoms with Gasteiger partial charge in [0.25, 0.3) is 0 Å². The topological polar surface area (TPSA) is 65.7 Å². The zero-order chi connectivity index (χ0) is 10.6. The monoisotopic (exact) mass is 198 g/mol. The van der Waals surface area contributed by atoms with Crippen LogP contribution in [0.2, 0.25) is 0 Å². The Balaban J connectivity index is 3.28. The first-order valence-corrected chi connectivity index (χ1v) is 4.04. The second-order valence-electron chi connectivity index (χ2n) is 2.53. The predicted octanol–water partition coefficient (Wildman–Crippen LogP) is 0.998. The highest BCUT2D eigenvalue weighted by Gasteiger charge is 2.14. The summed E-state index contributed by atoms with van der Waals surface area (Å²) >= 11 is 0. The summed E-state index contributed by atoms with van der Waals surface area (Å²) in [5, 5.41) is 0. The van der Waals surface area contributed by atoms with E-state index in [1.807, 2.05) is 0 Å². The number of benzene rings is 1. The molecule has 0 spiro atoms. The highest BCUT2D eigenvalue weighted by molar-refractivity contribution is 5.67. The molecule has 1 rings (SSSR count). The van der Waals surface area contributed by atoms with Crippen molar-refractivity contribution in [1.82, 2.24) is 0 Å². The zero-order valence-corrected chi connectivity index (χ0v) is 8.46. The van der Waals surface area contributed by atoms with E-state index in [1.54, 1.807) is 26.4 Å². The first kappa shape index (κ1) is 10.5. The molecule has 14 heavy (non-hydrogen) atoms. The van der Waals surface area contributed by atoms with Gasteiger partial charge in [-0.15, -0.1) is 0 Å². The molecule has 0 atom stereocenters. The van der Waals surface area contributed by atoms with Crippen molar-refractivity contribution in [2.75, 3.05) is 26.8 Å². The van der Waals surface area contributed by atoms with Gasteiger partial charge in [-0.3, -0.25) is 5.84 Å². The number of nitrogen functional groups attached to an aromatic ring is 1. The third-order valence-electron chi connectivity index (χ3n) is 1.86. The summed E-state index contributed by atoms with van der Waals surface area (Å²) in [7, 11) is 4.64. The van der Waals surface area contributed by atoms with E-state index < -0.39 is 0 Å². The molecule has 0 aliphatic heterocycles. The minimum Gasteiger partial charge on any atom is -0.493 e. The number of nitrogens with two attached hydrogens (primary N) is 1. The molecule has 0 radical (unpaired) electrons. The fourth-order valence-corrected chi connectivity index (χ4v) is 1.21. The number of hydrazine groups is 1. The smallest absolute Gasteiger partial charge is 0.205 e. The fourth-order valence-electron chi connectivity index (χ4n) is 1.21. The van der Waals surface area contributed by atoms with Crippen molar-refractivity contribution < 1.29 is 14.2 Å². The molecule has 1 aromatic rings. The first-order chi connectivity index (χ1) is 6.78. The third-order valence-corrected chi connectivity index (χ3v) is 1.86.